The standard InChI is InChI=1S/C16H18ClN3O3/c1-9(2)14-18-8-13(20-14)16(22)23-10(3)15(21)19-12-6-4-5-11(17)7-12/h4-10H,1-3H3,(H,18,20)(H,19,21). The lowest BCUT2D eigenvalue weighted by Gasteiger charge is -2.13. The predicted octanol–water partition coefficient (Wildman–Crippen LogP) is 3.37. The third kappa shape index (κ3) is 4.56. The number of nitrogens with one attached hydrogen (secondary N) is 2. The summed E-state index contributed by atoms with van der Waals surface area (Å²) in [5.41, 5.74) is 0.755. The Morgan fingerprint density at radius 1 is 1.30 bits per heavy atom. The quantitative estimate of drug-likeness (QED) is 0.820. The molecule has 7 heteroatoms. The first-order chi connectivity index (χ1) is 10.9. The number of amides is 1. The first-order valence-corrected chi connectivity index (χ1v) is 7.57. The van der Waals surface area contributed by atoms with Crippen LogP contribution in [-0.2, 0) is 9.53 Å². The van der Waals surface area contributed by atoms with Gasteiger partial charge in [-0.2, -0.15) is 0 Å². The van der Waals surface area contributed by atoms with Gasteiger partial charge >= 0.3 is 5.97 Å². The zero-order valence-corrected chi connectivity index (χ0v) is 13.8. The average Bonchev–Trinajstić information content (AvgIpc) is 2.97. The lowest BCUT2D eigenvalue weighted by molar-refractivity contribution is -0.123. The van der Waals surface area contributed by atoms with Crippen LogP contribution in [-0.4, -0.2) is 27.9 Å². The molecule has 1 atom stereocenters. The van der Waals surface area contributed by atoms with Gasteiger partial charge in [-0.25, -0.2) is 9.78 Å². The molecular weight excluding hydrogens is 318 g/mol. The minimum Gasteiger partial charge on any atom is -0.448 e. The summed E-state index contributed by atoms with van der Waals surface area (Å²) in [4.78, 5) is 31.0. The number of nitrogens with zero attached hydrogens (tertiary/aromatic N) is 1. The number of anilines is 1. The van der Waals surface area contributed by atoms with E-state index in [4.69, 9.17) is 16.3 Å². The Bertz CT molecular complexity index is 712. The van der Waals surface area contributed by atoms with Crippen LogP contribution in [0.3, 0.4) is 0 Å². The Kier molecular flexibility index (Phi) is 5.39. The third-order valence-corrected chi connectivity index (χ3v) is 3.34. The first-order valence-electron chi connectivity index (χ1n) is 7.19. The second-order valence-electron chi connectivity index (χ2n) is 5.38. The van der Waals surface area contributed by atoms with Crippen molar-refractivity contribution in [2.24, 2.45) is 0 Å². The second kappa shape index (κ2) is 7.28. The number of hydrogen-bond acceptors (Lipinski definition) is 4. The van der Waals surface area contributed by atoms with E-state index in [1.807, 2.05) is 13.8 Å². The van der Waals surface area contributed by atoms with Crippen molar-refractivity contribution in [2.45, 2.75) is 32.8 Å². The minimum atomic E-state index is -0.952. The molecule has 0 saturated heterocycles. The molecule has 2 aromatic rings. The molecule has 0 aliphatic carbocycles. The maximum absolute atomic E-state index is 12.0. The molecule has 0 fully saturated rings. The van der Waals surface area contributed by atoms with Gasteiger partial charge < -0.3 is 15.0 Å². The topological polar surface area (TPSA) is 84.1 Å². The number of aromatic nitrogens is 2. The van der Waals surface area contributed by atoms with Gasteiger partial charge in [-0.15, -0.1) is 0 Å². The summed E-state index contributed by atoms with van der Waals surface area (Å²) < 4.78 is 5.14. The van der Waals surface area contributed by atoms with Crippen LogP contribution >= 0.6 is 11.6 Å². The zero-order valence-electron chi connectivity index (χ0n) is 13.1. The molecule has 0 spiro atoms. The number of ether oxygens (including phenoxy) is 1. The summed E-state index contributed by atoms with van der Waals surface area (Å²) in [7, 11) is 0. The highest BCUT2D eigenvalue weighted by atomic mass is 35.5. The van der Waals surface area contributed by atoms with Crippen LogP contribution in [0.5, 0.6) is 0 Å². The smallest absolute Gasteiger partial charge is 0.357 e. The van der Waals surface area contributed by atoms with Crippen molar-refractivity contribution in [1.82, 2.24) is 9.97 Å². The first kappa shape index (κ1) is 17.0. The van der Waals surface area contributed by atoms with Crippen molar-refractivity contribution in [3.8, 4) is 0 Å². The van der Waals surface area contributed by atoms with Gasteiger partial charge in [0.2, 0.25) is 0 Å². The maximum atomic E-state index is 12.0. The lowest BCUT2D eigenvalue weighted by atomic mass is 10.2. The zero-order chi connectivity index (χ0) is 17.0. The van der Waals surface area contributed by atoms with Crippen molar-refractivity contribution in [1.29, 1.82) is 0 Å². The van der Waals surface area contributed by atoms with Crippen molar-refractivity contribution in [3.63, 3.8) is 0 Å². The largest absolute Gasteiger partial charge is 0.448 e. The van der Waals surface area contributed by atoms with Gasteiger partial charge in [-0.05, 0) is 25.1 Å². The fraction of sp³-hybridized carbons (Fsp3) is 0.312. The summed E-state index contributed by atoms with van der Waals surface area (Å²) in [5.74, 6) is -0.213. The Hall–Kier alpha value is -2.34. The average molecular weight is 336 g/mol. The summed E-state index contributed by atoms with van der Waals surface area (Å²) in [6, 6.07) is 6.72. The van der Waals surface area contributed by atoms with E-state index in [9.17, 15) is 9.59 Å². The van der Waals surface area contributed by atoms with Crippen LogP contribution in [0.25, 0.3) is 0 Å². The molecule has 1 amide bonds. The number of H-pyrrole nitrogens is 1. The van der Waals surface area contributed by atoms with Crippen LogP contribution in [0.15, 0.2) is 30.5 Å². The number of carbonyl (C=O) groups excluding carboxylic acids is 2. The number of benzene rings is 1. The summed E-state index contributed by atoms with van der Waals surface area (Å²) in [6.45, 7) is 5.40. The van der Waals surface area contributed by atoms with Crippen LogP contribution in [0, 0.1) is 0 Å². The van der Waals surface area contributed by atoms with E-state index < -0.39 is 18.0 Å². The van der Waals surface area contributed by atoms with Gasteiger partial charge in [0.1, 0.15) is 11.5 Å². The lowest BCUT2D eigenvalue weighted by Crippen LogP contribution is -2.30. The predicted molar refractivity (Wildman–Crippen MR) is 87.6 cm³/mol. The molecule has 0 radical (unpaired) electrons. The van der Waals surface area contributed by atoms with Crippen molar-refractivity contribution in [3.05, 3.63) is 47.0 Å². The second-order valence-corrected chi connectivity index (χ2v) is 5.82. The number of esters is 1. The van der Waals surface area contributed by atoms with E-state index in [1.54, 1.807) is 24.3 Å². The number of hydrogen-bond donors (Lipinski definition) is 2. The molecule has 1 heterocycles. The molecule has 2 rings (SSSR count). The monoisotopic (exact) mass is 335 g/mol. The third-order valence-electron chi connectivity index (χ3n) is 3.11. The Morgan fingerprint density at radius 3 is 2.65 bits per heavy atom. The molecule has 2 N–H and O–H groups in total. The van der Waals surface area contributed by atoms with E-state index in [-0.39, 0.29) is 11.6 Å². The van der Waals surface area contributed by atoms with Crippen molar-refractivity contribution >= 4 is 29.2 Å². The van der Waals surface area contributed by atoms with E-state index in [0.717, 1.165) is 0 Å². The number of imidazole rings is 1. The van der Waals surface area contributed by atoms with Gasteiger partial charge in [0.05, 0.1) is 6.20 Å². The number of rotatable bonds is 5. The van der Waals surface area contributed by atoms with E-state index in [2.05, 4.69) is 15.3 Å². The summed E-state index contributed by atoms with van der Waals surface area (Å²) in [5, 5.41) is 3.14. The number of aromatic amines is 1. The van der Waals surface area contributed by atoms with Crippen LogP contribution in [0.1, 0.15) is 43.0 Å². The van der Waals surface area contributed by atoms with Gasteiger partial charge in [0, 0.05) is 16.6 Å². The van der Waals surface area contributed by atoms with Crippen molar-refractivity contribution in [2.75, 3.05) is 5.32 Å². The highest BCUT2D eigenvalue weighted by molar-refractivity contribution is 6.30. The van der Waals surface area contributed by atoms with Gasteiger partial charge in [0.25, 0.3) is 5.91 Å². The summed E-state index contributed by atoms with van der Waals surface area (Å²) >= 11 is 5.85. The summed E-state index contributed by atoms with van der Waals surface area (Å²) in [6.07, 6.45) is 0.450. The maximum Gasteiger partial charge on any atom is 0.357 e. The van der Waals surface area contributed by atoms with Crippen LogP contribution < -0.4 is 5.32 Å². The van der Waals surface area contributed by atoms with E-state index in [1.165, 1.54) is 13.1 Å². The molecule has 122 valence electrons. The SMILES string of the molecule is CC(OC(=O)c1cnc(C(C)C)[nH]1)C(=O)Nc1cccc(Cl)c1. The molecule has 1 aromatic carbocycles. The highest BCUT2D eigenvalue weighted by Crippen LogP contribution is 2.16. The Morgan fingerprint density at radius 2 is 2.04 bits per heavy atom. The van der Waals surface area contributed by atoms with E-state index >= 15 is 0 Å². The molecule has 1 unspecified atom stereocenters. The van der Waals surface area contributed by atoms with Gasteiger partial charge in [-0.3, -0.25) is 4.79 Å². The Balaban J connectivity index is 1.95. The molecule has 6 nitrogen and oxygen atoms in total. The normalized spacial score (nSPS) is 12.0. The fourth-order valence-electron chi connectivity index (χ4n) is 1.82. The number of halogens is 1. The molecule has 0 saturated carbocycles. The highest BCUT2D eigenvalue weighted by Gasteiger charge is 2.21. The minimum absolute atomic E-state index is 0.167. The molecular formula is C16H18ClN3O3. The molecule has 0 bridgehead atoms. The van der Waals surface area contributed by atoms with Crippen molar-refractivity contribution < 1.29 is 14.3 Å². The molecule has 0 aliphatic rings. The number of carbonyl (C=O) groups is 2. The van der Waals surface area contributed by atoms with Crippen LogP contribution in [0.2, 0.25) is 5.02 Å². The Labute approximate surface area is 139 Å². The fourth-order valence-corrected chi connectivity index (χ4v) is 2.01. The molecule has 1 aromatic heterocycles. The molecule has 23 heavy (non-hydrogen) atoms. The molecule has 0 aliphatic heterocycles. The van der Waals surface area contributed by atoms with Gasteiger partial charge in [-0.1, -0.05) is 31.5 Å². The van der Waals surface area contributed by atoms with Gasteiger partial charge in [0.15, 0.2) is 6.10 Å². The van der Waals surface area contributed by atoms with Crippen LogP contribution in [0.4, 0.5) is 5.69 Å². The van der Waals surface area contributed by atoms with E-state index in [0.29, 0.717) is 16.5 Å².